The standard InChI is InChI=1S/C16H26N2O2S/c1-13-8-9-14(2)16(12-13)21(19,20)18(11-10-17)15-6-4-3-5-7-15/h8-9,12,15H,3-7,10-11,17H2,1-2H3. The first-order valence-corrected chi connectivity index (χ1v) is 9.20. The summed E-state index contributed by atoms with van der Waals surface area (Å²) in [6.07, 6.45) is 5.31. The molecule has 21 heavy (non-hydrogen) atoms. The number of nitrogens with two attached hydrogens (primary N) is 1. The Labute approximate surface area is 128 Å². The van der Waals surface area contributed by atoms with Crippen LogP contribution in [0, 0.1) is 13.8 Å². The van der Waals surface area contributed by atoms with Crippen LogP contribution in [0.5, 0.6) is 0 Å². The SMILES string of the molecule is Cc1ccc(C)c(S(=O)(=O)N(CCN)C2CCCCC2)c1. The van der Waals surface area contributed by atoms with Gasteiger partial charge in [0, 0.05) is 19.1 Å². The molecule has 118 valence electrons. The number of benzene rings is 1. The summed E-state index contributed by atoms with van der Waals surface area (Å²) in [7, 11) is -3.46. The zero-order chi connectivity index (χ0) is 15.5. The van der Waals surface area contributed by atoms with Gasteiger partial charge in [0.05, 0.1) is 4.90 Å². The monoisotopic (exact) mass is 310 g/mol. The summed E-state index contributed by atoms with van der Waals surface area (Å²) < 4.78 is 27.8. The zero-order valence-electron chi connectivity index (χ0n) is 13.0. The molecule has 0 unspecified atom stereocenters. The van der Waals surface area contributed by atoms with Gasteiger partial charge in [0.25, 0.3) is 0 Å². The molecule has 0 bridgehead atoms. The van der Waals surface area contributed by atoms with Crippen LogP contribution in [-0.2, 0) is 10.0 Å². The fourth-order valence-electron chi connectivity index (χ4n) is 3.11. The van der Waals surface area contributed by atoms with E-state index in [-0.39, 0.29) is 6.04 Å². The molecule has 0 heterocycles. The van der Waals surface area contributed by atoms with Crippen LogP contribution in [0.3, 0.4) is 0 Å². The van der Waals surface area contributed by atoms with Crippen molar-refractivity contribution in [1.82, 2.24) is 4.31 Å². The second-order valence-corrected chi connectivity index (χ2v) is 7.82. The molecule has 2 rings (SSSR count). The van der Waals surface area contributed by atoms with Gasteiger partial charge in [-0.2, -0.15) is 4.31 Å². The summed E-state index contributed by atoms with van der Waals surface area (Å²) in [5, 5.41) is 0. The average molecular weight is 310 g/mol. The summed E-state index contributed by atoms with van der Waals surface area (Å²) in [6, 6.07) is 5.70. The van der Waals surface area contributed by atoms with Gasteiger partial charge in [0.2, 0.25) is 10.0 Å². The summed E-state index contributed by atoms with van der Waals surface area (Å²) in [5.41, 5.74) is 7.44. The Hall–Kier alpha value is -0.910. The molecule has 0 aliphatic heterocycles. The summed E-state index contributed by atoms with van der Waals surface area (Å²) >= 11 is 0. The Balaban J connectivity index is 2.39. The Morgan fingerprint density at radius 2 is 1.86 bits per heavy atom. The maximum absolute atomic E-state index is 13.1. The lowest BCUT2D eigenvalue weighted by Gasteiger charge is -2.33. The third-order valence-corrected chi connectivity index (χ3v) is 6.36. The van der Waals surface area contributed by atoms with E-state index in [9.17, 15) is 8.42 Å². The largest absolute Gasteiger partial charge is 0.329 e. The third-order valence-electron chi connectivity index (χ3n) is 4.26. The molecule has 0 saturated heterocycles. The fourth-order valence-corrected chi connectivity index (χ4v) is 5.12. The van der Waals surface area contributed by atoms with E-state index >= 15 is 0 Å². The van der Waals surface area contributed by atoms with Gasteiger partial charge in [0.15, 0.2) is 0 Å². The molecule has 1 saturated carbocycles. The molecule has 1 aliphatic rings. The van der Waals surface area contributed by atoms with Gasteiger partial charge < -0.3 is 5.73 Å². The smallest absolute Gasteiger partial charge is 0.243 e. The quantitative estimate of drug-likeness (QED) is 0.909. The normalized spacial score (nSPS) is 17.3. The van der Waals surface area contributed by atoms with Gasteiger partial charge in [-0.3, -0.25) is 0 Å². The molecule has 0 spiro atoms. The van der Waals surface area contributed by atoms with E-state index in [2.05, 4.69) is 0 Å². The lowest BCUT2D eigenvalue weighted by Crippen LogP contribution is -2.44. The van der Waals surface area contributed by atoms with Crippen molar-refractivity contribution in [1.29, 1.82) is 0 Å². The van der Waals surface area contributed by atoms with Crippen molar-refractivity contribution >= 4 is 10.0 Å². The van der Waals surface area contributed by atoms with Crippen molar-refractivity contribution < 1.29 is 8.42 Å². The van der Waals surface area contributed by atoms with E-state index in [0.717, 1.165) is 36.8 Å². The molecular weight excluding hydrogens is 284 g/mol. The number of rotatable bonds is 5. The summed E-state index contributed by atoms with van der Waals surface area (Å²) in [4.78, 5) is 0.432. The fraction of sp³-hybridized carbons (Fsp3) is 0.625. The molecule has 1 fully saturated rings. The van der Waals surface area contributed by atoms with Crippen LogP contribution in [0.25, 0.3) is 0 Å². The molecule has 0 aromatic heterocycles. The first kappa shape index (κ1) is 16.5. The molecule has 0 radical (unpaired) electrons. The molecule has 0 amide bonds. The molecular formula is C16H26N2O2S. The van der Waals surface area contributed by atoms with E-state index in [0.29, 0.717) is 18.0 Å². The molecule has 0 atom stereocenters. The highest BCUT2D eigenvalue weighted by molar-refractivity contribution is 7.89. The van der Waals surface area contributed by atoms with E-state index in [4.69, 9.17) is 5.73 Å². The predicted octanol–water partition coefficient (Wildman–Crippen LogP) is 2.59. The predicted molar refractivity (Wildman–Crippen MR) is 85.7 cm³/mol. The van der Waals surface area contributed by atoms with Gasteiger partial charge in [-0.1, -0.05) is 31.4 Å². The van der Waals surface area contributed by atoms with Crippen molar-refractivity contribution in [3.05, 3.63) is 29.3 Å². The van der Waals surface area contributed by atoms with Crippen molar-refractivity contribution in [2.45, 2.75) is 56.9 Å². The molecule has 1 aliphatic carbocycles. The van der Waals surface area contributed by atoms with E-state index in [1.165, 1.54) is 6.42 Å². The second-order valence-electron chi connectivity index (χ2n) is 5.97. The van der Waals surface area contributed by atoms with Gasteiger partial charge in [-0.15, -0.1) is 0 Å². The minimum absolute atomic E-state index is 0.104. The van der Waals surface area contributed by atoms with Crippen LogP contribution in [0.1, 0.15) is 43.2 Å². The van der Waals surface area contributed by atoms with Crippen molar-refractivity contribution in [2.75, 3.05) is 13.1 Å². The van der Waals surface area contributed by atoms with Crippen molar-refractivity contribution in [3.8, 4) is 0 Å². The minimum atomic E-state index is -3.46. The second kappa shape index (κ2) is 6.90. The van der Waals surface area contributed by atoms with E-state index in [1.54, 1.807) is 10.4 Å². The topological polar surface area (TPSA) is 63.4 Å². The van der Waals surface area contributed by atoms with E-state index in [1.807, 2.05) is 26.0 Å². The molecule has 1 aromatic rings. The van der Waals surface area contributed by atoms with Gasteiger partial charge in [0.1, 0.15) is 0 Å². The zero-order valence-corrected chi connectivity index (χ0v) is 13.8. The van der Waals surface area contributed by atoms with Crippen LogP contribution in [0.4, 0.5) is 0 Å². The van der Waals surface area contributed by atoms with Crippen LogP contribution >= 0.6 is 0 Å². The van der Waals surface area contributed by atoms with Gasteiger partial charge in [-0.25, -0.2) is 8.42 Å². The maximum Gasteiger partial charge on any atom is 0.243 e. The Morgan fingerprint density at radius 1 is 1.19 bits per heavy atom. The van der Waals surface area contributed by atoms with Crippen LogP contribution in [0.15, 0.2) is 23.1 Å². The van der Waals surface area contributed by atoms with Gasteiger partial charge in [-0.05, 0) is 43.9 Å². The maximum atomic E-state index is 13.1. The highest BCUT2D eigenvalue weighted by atomic mass is 32.2. The number of nitrogens with zero attached hydrogens (tertiary/aromatic N) is 1. The molecule has 5 heteroatoms. The van der Waals surface area contributed by atoms with E-state index < -0.39 is 10.0 Å². The number of aryl methyl sites for hydroxylation is 2. The minimum Gasteiger partial charge on any atom is -0.329 e. The van der Waals surface area contributed by atoms with Crippen molar-refractivity contribution in [3.63, 3.8) is 0 Å². The third kappa shape index (κ3) is 3.65. The lowest BCUT2D eigenvalue weighted by molar-refractivity contribution is 0.257. The number of hydrogen-bond acceptors (Lipinski definition) is 3. The lowest BCUT2D eigenvalue weighted by atomic mass is 9.95. The molecule has 4 nitrogen and oxygen atoms in total. The van der Waals surface area contributed by atoms with Crippen LogP contribution in [-0.4, -0.2) is 31.9 Å². The summed E-state index contributed by atoms with van der Waals surface area (Å²) in [6.45, 7) is 4.54. The first-order valence-electron chi connectivity index (χ1n) is 7.76. The van der Waals surface area contributed by atoms with Crippen LogP contribution < -0.4 is 5.73 Å². The molecule has 1 aromatic carbocycles. The van der Waals surface area contributed by atoms with Gasteiger partial charge >= 0.3 is 0 Å². The molecule has 2 N–H and O–H groups in total. The first-order chi connectivity index (χ1) is 9.96. The average Bonchev–Trinajstić information content (AvgIpc) is 2.48. The van der Waals surface area contributed by atoms with Crippen LogP contribution in [0.2, 0.25) is 0 Å². The number of sulfonamides is 1. The Morgan fingerprint density at radius 3 is 2.48 bits per heavy atom. The number of hydrogen-bond donors (Lipinski definition) is 1. The highest BCUT2D eigenvalue weighted by Gasteiger charge is 2.32. The highest BCUT2D eigenvalue weighted by Crippen LogP contribution is 2.29. The summed E-state index contributed by atoms with van der Waals surface area (Å²) in [5.74, 6) is 0. The van der Waals surface area contributed by atoms with Crippen molar-refractivity contribution in [2.24, 2.45) is 5.73 Å². The Bertz CT molecular complexity index is 578. The Kier molecular flexibility index (Phi) is 5.41.